The minimum atomic E-state index is -0.344. The molecule has 1 saturated heterocycles. The molecule has 2 aromatic rings. The van der Waals surface area contributed by atoms with Gasteiger partial charge >= 0.3 is 6.09 Å². The number of ether oxygens (including phenoxy) is 1. The smallest absolute Gasteiger partial charge is 0.409 e. The van der Waals surface area contributed by atoms with Crippen molar-refractivity contribution in [3.8, 4) is 0 Å². The number of nitrogens with zero attached hydrogens (tertiary/aromatic N) is 2. The van der Waals surface area contributed by atoms with E-state index in [1.165, 1.54) is 0 Å². The van der Waals surface area contributed by atoms with Crippen LogP contribution in [0.25, 0.3) is 11.0 Å². The second kappa shape index (κ2) is 7.55. The maximum atomic E-state index is 12.4. The number of aromatic amines is 1. The summed E-state index contributed by atoms with van der Waals surface area (Å²) in [5.41, 5.74) is 1.85. The maximum absolute atomic E-state index is 12.4. The minimum absolute atomic E-state index is 0.0922. The van der Waals surface area contributed by atoms with Crippen molar-refractivity contribution < 1.29 is 14.3 Å². The molecular formula is C18H24N4O3. The molecule has 1 aromatic carbocycles. The summed E-state index contributed by atoms with van der Waals surface area (Å²) in [5, 5.41) is 3.07. The number of carbonyl (C=O) groups excluding carboxylic acids is 2. The van der Waals surface area contributed by atoms with E-state index in [-0.39, 0.29) is 30.4 Å². The van der Waals surface area contributed by atoms with Gasteiger partial charge in [-0.1, -0.05) is 32.4 Å². The average Bonchev–Trinajstić information content (AvgIpc) is 3.22. The molecule has 1 aromatic heterocycles. The highest BCUT2D eigenvalue weighted by molar-refractivity contribution is 5.78. The van der Waals surface area contributed by atoms with E-state index in [4.69, 9.17) is 4.74 Å². The first-order valence-electron chi connectivity index (χ1n) is 8.74. The van der Waals surface area contributed by atoms with Crippen molar-refractivity contribution in [3.63, 3.8) is 0 Å². The van der Waals surface area contributed by atoms with Gasteiger partial charge in [0.2, 0.25) is 5.91 Å². The Labute approximate surface area is 146 Å². The third kappa shape index (κ3) is 3.92. The van der Waals surface area contributed by atoms with Crippen LogP contribution in [0.3, 0.4) is 0 Å². The third-order valence-electron chi connectivity index (χ3n) is 4.69. The zero-order valence-electron chi connectivity index (χ0n) is 14.6. The molecule has 0 unspecified atom stereocenters. The number of para-hydroxylation sites is 2. The molecule has 7 nitrogen and oxygen atoms in total. The summed E-state index contributed by atoms with van der Waals surface area (Å²) in [6.07, 6.45) is 0.825. The van der Waals surface area contributed by atoms with Gasteiger partial charge in [0.15, 0.2) is 0 Å². The number of benzene rings is 1. The Kier molecular flexibility index (Phi) is 5.21. The quantitative estimate of drug-likeness (QED) is 0.808. The number of nitrogens with one attached hydrogen (secondary N) is 2. The minimum Gasteiger partial charge on any atom is -0.448 e. The van der Waals surface area contributed by atoms with Crippen LogP contribution < -0.4 is 5.32 Å². The van der Waals surface area contributed by atoms with Gasteiger partial charge in [0.05, 0.1) is 23.6 Å². The number of imidazole rings is 1. The first-order valence-corrected chi connectivity index (χ1v) is 8.74. The molecule has 0 radical (unpaired) electrons. The normalized spacial score (nSPS) is 16.7. The molecule has 2 atom stereocenters. The molecule has 0 spiro atoms. The lowest BCUT2D eigenvalue weighted by molar-refractivity contribution is -0.122. The van der Waals surface area contributed by atoms with Gasteiger partial charge in [0.25, 0.3) is 0 Å². The standard InChI is InChI=1S/C18H24N4O3/c1-3-12(2)16(17-19-13-6-4-5-7-14(13)20-17)21-15(23)8-9-22-10-11-25-18(22)24/h4-7,12,16H,3,8-11H2,1-2H3,(H,19,20)(H,21,23)/t12-,16-/m0/s1. The third-order valence-corrected chi connectivity index (χ3v) is 4.69. The molecule has 2 amide bonds. The largest absolute Gasteiger partial charge is 0.448 e. The van der Waals surface area contributed by atoms with Crippen molar-refractivity contribution in [2.75, 3.05) is 19.7 Å². The van der Waals surface area contributed by atoms with Gasteiger partial charge in [-0.15, -0.1) is 0 Å². The molecule has 1 fully saturated rings. The zero-order chi connectivity index (χ0) is 17.8. The molecule has 1 aliphatic heterocycles. The molecule has 2 N–H and O–H groups in total. The van der Waals surface area contributed by atoms with Gasteiger partial charge in [0.1, 0.15) is 12.4 Å². The van der Waals surface area contributed by atoms with E-state index in [0.29, 0.717) is 19.7 Å². The van der Waals surface area contributed by atoms with E-state index in [0.717, 1.165) is 23.3 Å². The van der Waals surface area contributed by atoms with Crippen LogP contribution in [-0.2, 0) is 9.53 Å². The summed E-state index contributed by atoms with van der Waals surface area (Å²) < 4.78 is 4.88. The highest BCUT2D eigenvalue weighted by Gasteiger charge is 2.25. The number of hydrogen-bond acceptors (Lipinski definition) is 4. The number of carbonyl (C=O) groups is 2. The van der Waals surface area contributed by atoms with Gasteiger partial charge < -0.3 is 19.9 Å². The molecule has 2 heterocycles. The molecule has 0 aliphatic carbocycles. The fourth-order valence-corrected chi connectivity index (χ4v) is 2.95. The first-order chi connectivity index (χ1) is 12.1. The van der Waals surface area contributed by atoms with Gasteiger partial charge in [-0.05, 0) is 18.1 Å². The molecule has 7 heteroatoms. The van der Waals surface area contributed by atoms with Crippen LogP contribution in [-0.4, -0.2) is 46.6 Å². The van der Waals surface area contributed by atoms with Gasteiger partial charge in [-0.25, -0.2) is 9.78 Å². The monoisotopic (exact) mass is 344 g/mol. The van der Waals surface area contributed by atoms with E-state index in [1.54, 1.807) is 4.90 Å². The fraction of sp³-hybridized carbons (Fsp3) is 0.500. The summed E-state index contributed by atoms with van der Waals surface area (Å²) in [6, 6.07) is 7.63. The molecule has 134 valence electrons. The average molecular weight is 344 g/mol. The molecule has 0 bridgehead atoms. The molecule has 25 heavy (non-hydrogen) atoms. The van der Waals surface area contributed by atoms with Crippen LogP contribution >= 0.6 is 0 Å². The number of rotatable bonds is 7. The van der Waals surface area contributed by atoms with Crippen LogP contribution in [0.5, 0.6) is 0 Å². The summed E-state index contributed by atoms with van der Waals surface area (Å²) in [6.45, 7) is 5.50. The number of aromatic nitrogens is 2. The van der Waals surface area contributed by atoms with Crippen LogP contribution in [0.15, 0.2) is 24.3 Å². The van der Waals surface area contributed by atoms with Crippen molar-refractivity contribution >= 4 is 23.0 Å². The summed E-state index contributed by atoms with van der Waals surface area (Å²) in [7, 11) is 0. The molecule has 1 aliphatic rings. The number of fused-ring (bicyclic) bond motifs is 1. The number of hydrogen-bond donors (Lipinski definition) is 2. The Bertz CT molecular complexity index is 725. The van der Waals surface area contributed by atoms with E-state index in [9.17, 15) is 9.59 Å². The van der Waals surface area contributed by atoms with Gasteiger partial charge in [0, 0.05) is 13.0 Å². The predicted octanol–water partition coefficient (Wildman–Crippen LogP) is 2.61. The molecular weight excluding hydrogens is 320 g/mol. The topological polar surface area (TPSA) is 87.3 Å². The van der Waals surface area contributed by atoms with E-state index in [2.05, 4.69) is 29.1 Å². The second-order valence-electron chi connectivity index (χ2n) is 6.42. The lowest BCUT2D eigenvalue weighted by Crippen LogP contribution is -2.36. The summed E-state index contributed by atoms with van der Waals surface area (Å²) in [5.74, 6) is 0.913. The lowest BCUT2D eigenvalue weighted by atomic mass is 9.98. The van der Waals surface area contributed by atoms with E-state index >= 15 is 0 Å². The Morgan fingerprint density at radius 3 is 2.92 bits per heavy atom. The van der Waals surface area contributed by atoms with E-state index in [1.807, 2.05) is 24.3 Å². The SMILES string of the molecule is CC[C@H](C)[C@H](NC(=O)CCN1CCOC1=O)c1nc2ccccc2[nH]1. The van der Waals surface area contributed by atoms with Crippen LogP contribution in [0.4, 0.5) is 4.79 Å². The zero-order valence-corrected chi connectivity index (χ0v) is 14.6. The Morgan fingerprint density at radius 1 is 1.44 bits per heavy atom. The Morgan fingerprint density at radius 2 is 2.24 bits per heavy atom. The van der Waals surface area contributed by atoms with Gasteiger partial charge in [-0.2, -0.15) is 0 Å². The lowest BCUT2D eigenvalue weighted by Gasteiger charge is -2.23. The number of cyclic esters (lactones) is 1. The van der Waals surface area contributed by atoms with Crippen molar-refractivity contribution in [1.82, 2.24) is 20.2 Å². The van der Waals surface area contributed by atoms with Crippen molar-refractivity contribution in [2.24, 2.45) is 5.92 Å². The summed E-state index contributed by atoms with van der Waals surface area (Å²) >= 11 is 0. The number of H-pyrrole nitrogens is 1. The van der Waals surface area contributed by atoms with Crippen LogP contribution in [0.2, 0.25) is 0 Å². The summed E-state index contributed by atoms with van der Waals surface area (Å²) in [4.78, 5) is 33.3. The maximum Gasteiger partial charge on any atom is 0.409 e. The second-order valence-corrected chi connectivity index (χ2v) is 6.42. The van der Waals surface area contributed by atoms with Crippen molar-refractivity contribution in [3.05, 3.63) is 30.1 Å². The first kappa shape index (κ1) is 17.3. The van der Waals surface area contributed by atoms with Crippen LogP contribution in [0, 0.1) is 5.92 Å². The Hall–Kier alpha value is -2.57. The van der Waals surface area contributed by atoms with Crippen molar-refractivity contribution in [2.45, 2.75) is 32.7 Å². The highest BCUT2D eigenvalue weighted by atomic mass is 16.6. The van der Waals surface area contributed by atoms with Crippen molar-refractivity contribution in [1.29, 1.82) is 0 Å². The number of amides is 2. The van der Waals surface area contributed by atoms with Crippen LogP contribution in [0.1, 0.15) is 38.6 Å². The highest BCUT2D eigenvalue weighted by Crippen LogP contribution is 2.24. The molecule has 3 rings (SSSR count). The molecule has 0 saturated carbocycles. The fourth-order valence-electron chi connectivity index (χ4n) is 2.95. The van der Waals surface area contributed by atoms with E-state index < -0.39 is 0 Å². The van der Waals surface area contributed by atoms with Gasteiger partial charge in [-0.3, -0.25) is 4.79 Å². The predicted molar refractivity (Wildman–Crippen MR) is 94.0 cm³/mol. The Balaban J connectivity index is 1.68.